The average molecular weight is 197 g/mol. The van der Waals surface area contributed by atoms with Crippen molar-refractivity contribution in [2.45, 2.75) is 12.7 Å². The Morgan fingerprint density at radius 1 is 1.42 bits per heavy atom. The van der Waals surface area contributed by atoms with E-state index in [1.54, 1.807) is 0 Å². The molecule has 0 atom stereocenters. The van der Waals surface area contributed by atoms with E-state index in [0.29, 0.717) is 0 Å². The van der Waals surface area contributed by atoms with Gasteiger partial charge in [-0.3, -0.25) is 0 Å². The van der Waals surface area contributed by atoms with Crippen LogP contribution in [0.3, 0.4) is 0 Å². The molecule has 12 heavy (non-hydrogen) atoms. The van der Waals surface area contributed by atoms with Gasteiger partial charge in [-0.25, -0.2) is 4.98 Å². The second-order valence-corrected chi connectivity index (χ2v) is 3.14. The summed E-state index contributed by atoms with van der Waals surface area (Å²) in [4.78, 5) is 3.12. The molecule has 0 saturated heterocycles. The zero-order valence-corrected chi connectivity index (χ0v) is 6.67. The molecule has 0 saturated carbocycles. The molecule has 7 heteroatoms. The zero-order chi connectivity index (χ0) is 9.35. The molecule has 1 heterocycles. The van der Waals surface area contributed by atoms with Gasteiger partial charge >= 0.3 is 6.18 Å². The Kier molecular flexibility index (Phi) is 2.25. The lowest BCUT2D eigenvalue weighted by Crippen LogP contribution is -2.10. The monoisotopic (exact) mass is 197 g/mol. The molecular weight excluding hydrogens is 191 g/mol. The molecule has 0 aliphatic carbocycles. The summed E-state index contributed by atoms with van der Waals surface area (Å²) < 4.78 is 36.2. The summed E-state index contributed by atoms with van der Waals surface area (Å²) in [6, 6.07) is 0. The molecular formula is C5H6F3N3S. The molecule has 1 aromatic rings. The third kappa shape index (κ3) is 1.67. The minimum Gasteiger partial charge on any atom is -0.375 e. The molecule has 0 unspecified atom stereocenters. The van der Waals surface area contributed by atoms with Crippen molar-refractivity contribution in [3.05, 3.63) is 10.6 Å². The van der Waals surface area contributed by atoms with Crippen molar-refractivity contribution in [3.8, 4) is 0 Å². The van der Waals surface area contributed by atoms with Crippen LogP contribution in [0.1, 0.15) is 10.6 Å². The van der Waals surface area contributed by atoms with Crippen LogP contribution in [0.25, 0.3) is 0 Å². The van der Waals surface area contributed by atoms with Crippen LogP contribution >= 0.6 is 11.3 Å². The van der Waals surface area contributed by atoms with Gasteiger partial charge in [0, 0.05) is 6.54 Å². The first-order valence-electron chi connectivity index (χ1n) is 2.97. The Morgan fingerprint density at radius 3 is 2.33 bits per heavy atom. The van der Waals surface area contributed by atoms with Gasteiger partial charge < -0.3 is 11.5 Å². The second-order valence-electron chi connectivity index (χ2n) is 2.03. The first-order valence-corrected chi connectivity index (χ1v) is 3.79. The normalized spacial score (nSPS) is 12.0. The topological polar surface area (TPSA) is 64.9 Å². The Morgan fingerprint density at radius 2 is 2.00 bits per heavy atom. The highest BCUT2D eigenvalue weighted by molar-refractivity contribution is 7.15. The lowest BCUT2D eigenvalue weighted by molar-refractivity contribution is -0.141. The number of nitrogens with two attached hydrogens (primary N) is 2. The molecule has 0 aliphatic rings. The van der Waals surface area contributed by atoms with Gasteiger partial charge in [-0.15, -0.1) is 11.3 Å². The average Bonchev–Trinajstić information content (AvgIpc) is 2.29. The largest absolute Gasteiger partial charge is 0.434 e. The predicted molar refractivity (Wildman–Crippen MR) is 39.4 cm³/mol. The fraction of sp³-hybridized carbons (Fsp3) is 0.400. The van der Waals surface area contributed by atoms with Gasteiger partial charge in [0.05, 0.1) is 4.88 Å². The zero-order valence-electron chi connectivity index (χ0n) is 5.85. The molecule has 68 valence electrons. The second kappa shape index (κ2) is 2.91. The van der Waals surface area contributed by atoms with Crippen LogP contribution < -0.4 is 11.5 Å². The summed E-state index contributed by atoms with van der Waals surface area (Å²) in [7, 11) is 0. The molecule has 0 radical (unpaired) electrons. The number of anilines is 1. The number of halogens is 3. The van der Waals surface area contributed by atoms with Gasteiger partial charge in [-0.05, 0) is 0 Å². The molecule has 4 N–H and O–H groups in total. The lowest BCUT2D eigenvalue weighted by Gasteiger charge is -2.03. The van der Waals surface area contributed by atoms with E-state index in [2.05, 4.69) is 4.98 Å². The third-order valence-corrected chi connectivity index (χ3v) is 2.07. The van der Waals surface area contributed by atoms with Crippen LogP contribution in [-0.2, 0) is 12.7 Å². The summed E-state index contributed by atoms with van der Waals surface area (Å²) in [6.45, 7) is -0.191. The molecule has 1 rings (SSSR count). The standard InChI is InChI=1S/C5H6F3N3S/c6-5(7,8)3-2(1-9)12-4(10)11-3/h1,9H2,(H2,10,11). The maximum atomic E-state index is 12.1. The predicted octanol–water partition coefficient (Wildman–Crippen LogP) is 1.20. The molecule has 3 nitrogen and oxygen atoms in total. The Labute approximate surface area is 70.2 Å². The molecule has 0 aromatic carbocycles. The van der Waals surface area contributed by atoms with E-state index >= 15 is 0 Å². The Balaban J connectivity index is 3.13. The Bertz CT molecular complexity index is 280. The van der Waals surface area contributed by atoms with Crippen LogP contribution in [0.15, 0.2) is 0 Å². The van der Waals surface area contributed by atoms with E-state index in [-0.39, 0.29) is 16.6 Å². The van der Waals surface area contributed by atoms with Crippen LogP contribution in [-0.4, -0.2) is 4.98 Å². The van der Waals surface area contributed by atoms with Gasteiger partial charge in [0.2, 0.25) is 0 Å². The van der Waals surface area contributed by atoms with Crippen LogP contribution in [0, 0.1) is 0 Å². The summed E-state index contributed by atoms with van der Waals surface area (Å²) >= 11 is 0.763. The molecule has 0 spiro atoms. The number of nitrogens with zero attached hydrogens (tertiary/aromatic N) is 1. The van der Waals surface area contributed by atoms with E-state index in [1.165, 1.54) is 0 Å². The van der Waals surface area contributed by atoms with Gasteiger partial charge in [0.1, 0.15) is 0 Å². The molecule has 1 aromatic heterocycles. The van der Waals surface area contributed by atoms with Crippen molar-refractivity contribution in [1.29, 1.82) is 0 Å². The summed E-state index contributed by atoms with van der Waals surface area (Å²) in [5.41, 5.74) is 9.21. The number of hydrogen-bond donors (Lipinski definition) is 2. The fourth-order valence-electron chi connectivity index (χ4n) is 0.730. The fourth-order valence-corrected chi connectivity index (χ4v) is 1.46. The van der Waals surface area contributed by atoms with Crippen molar-refractivity contribution < 1.29 is 13.2 Å². The maximum Gasteiger partial charge on any atom is 0.434 e. The summed E-state index contributed by atoms with van der Waals surface area (Å²) in [5.74, 6) is 0. The summed E-state index contributed by atoms with van der Waals surface area (Å²) in [5, 5.41) is -0.109. The first kappa shape index (κ1) is 9.27. The van der Waals surface area contributed by atoms with Crippen molar-refractivity contribution >= 4 is 16.5 Å². The SMILES string of the molecule is NCc1sc(N)nc1C(F)(F)F. The molecule has 0 amide bonds. The van der Waals surface area contributed by atoms with Gasteiger partial charge in [-0.1, -0.05) is 0 Å². The first-order chi connectivity index (χ1) is 5.45. The van der Waals surface area contributed by atoms with Gasteiger partial charge in [0.15, 0.2) is 10.8 Å². The van der Waals surface area contributed by atoms with Crippen molar-refractivity contribution in [2.75, 3.05) is 5.73 Å². The third-order valence-electron chi connectivity index (χ3n) is 1.17. The molecule has 0 bridgehead atoms. The highest BCUT2D eigenvalue weighted by atomic mass is 32.1. The van der Waals surface area contributed by atoms with Crippen molar-refractivity contribution in [3.63, 3.8) is 0 Å². The van der Waals surface area contributed by atoms with Gasteiger partial charge in [0.25, 0.3) is 0 Å². The Hall–Kier alpha value is -0.820. The number of hydrogen-bond acceptors (Lipinski definition) is 4. The number of alkyl halides is 3. The van der Waals surface area contributed by atoms with E-state index < -0.39 is 11.9 Å². The van der Waals surface area contributed by atoms with Crippen LogP contribution in [0.4, 0.5) is 18.3 Å². The van der Waals surface area contributed by atoms with Gasteiger partial charge in [-0.2, -0.15) is 13.2 Å². The number of aromatic nitrogens is 1. The highest BCUT2D eigenvalue weighted by Gasteiger charge is 2.36. The highest BCUT2D eigenvalue weighted by Crippen LogP contribution is 2.34. The minimum atomic E-state index is -4.46. The minimum absolute atomic E-state index is 0.0278. The smallest absolute Gasteiger partial charge is 0.375 e. The quantitative estimate of drug-likeness (QED) is 0.711. The van der Waals surface area contributed by atoms with E-state index in [1.807, 2.05) is 0 Å². The van der Waals surface area contributed by atoms with Crippen molar-refractivity contribution in [2.24, 2.45) is 5.73 Å². The van der Waals surface area contributed by atoms with Crippen molar-refractivity contribution in [1.82, 2.24) is 4.98 Å². The lowest BCUT2D eigenvalue weighted by atomic mass is 10.3. The van der Waals surface area contributed by atoms with E-state index in [0.717, 1.165) is 11.3 Å². The van der Waals surface area contributed by atoms with Crippen LogP contribution in [0.2, 0.25) is 0 Å². The maximum absolute atomic E-state index is 12.1. The molecule has 0 fully saturated rings. The number of rotatable bonds is 1. The number of nitrogen functional groups attached to an aromatic ring is 1. The summed E-state index contributed by atoms with van der Waals surface area (Å²) in [6.07, 6.45) is -4.46. The van der Waals surface area contributed by atoms with E-state index in [9.17, 15) is 13.2 Å². The van der Waals surface area contributed by atoms with E-state index in [4.69, 9.17) is 11.5 Å². The number of thiazole rings is 1. The molecule has 0 aliphatic heterocycles. The van der Waals surface area contributed by atoms with Crippen LogP contribution in [0.5, 0.6) is 0 Å².